The van der Waals surface area contributed by atoms with Crippen LogP contribution in [0.25, 0.3) is 164 Å². The van der Waals surface area contributed by atoms with Gasteiger partial charge in [-0.25, -0.2) is 15.0 Å². The predicted molar refractivity (Wildman–Crippen MR) is 346 cm³/mol. The third kappa shape index (κ3) is 6.81. The number of aromatic nitrogens is 7. The van der Waals surface area contributed by atoms with Crippen molar-refractivity contribution in [3.8, 4) is 56.9 Å². The van der Waals surface area contributed by atoms with Crippen molar-refractivity contribution in [2.45, 2.75) is 0 Å². The number of hydrogen-bond donors (Lipinski definition) is 0. The first kappa shape index (κ1) is 45.9. The standard InChI is InChI=1S/C75H45N7S/c1-3-19-46(20-4-1)73-76-74(47-21-5-2-6-22-47)78-75(77-73)58-30-17-28-56-57-29-18-36-70(72(57)83-71(56)58)82-66-35-16-11-27-55(66)59-43-48(39-42-69(59)82)81-67-40-37-49(79-62-31-12-7-23-51(62)52-24-8-13-32-63(52)79)44-60(67)61-45-50(38-41-68(61)81)80-64-33-14-9-25-53(64)54-26-10-15-34-65(54)80/h1-45H. The van der Waals surface area contributed by atoms with E-state index >= 15 is 0 Å². The molecule has 83 heavy (non-hydrogen) atoms. The van der Waals surface area contributed by atoms with Gasteiger partial charge < -0.3 is 18.3 Å². The van der Waals surface area contributed by atoms with Gasteiger partial charge in [0.05, 0.1) is 54.5 Å². The van der Waals surface area contributed by atoms with Gasteiger partial charge in [-0.2, -0.15) is 0 Å². The maximum atomic E-state index is 5.19. The maximum Gasteiger partial charge on any atom is 0.165 e. The molecule has 8 heteroatoms. The van der Waals surface area contributed by atoms with Gasteiger partial charge in [0.15, 0.2) is 17.5 Å². The molecule has 0 saturated carbocycles. The molecule has 0 aliphatic heterocycles. The van der Waals surface area contributed by atoms with Crippen LogP contribution in [-0.4, -0.2) is 33.2 Å². The Hall–Kier alpha value is -10.9. The van der Waals surface area contributed by atoms with Crippen molar-refractivity contribution in [2.75, 3.05) is 0 Å². The van der Waals surface area contributed by atoms with Crippen molar-refractivity contribution in [3.05, 3.63) is 273 Å². The second-order valence-electron chi connectivity index (χ2n) is 21.5. The van der Waals surface area contributed by atoms with Crippen LogP contribution in [0, 0.1) is 0 Å². The fourth-order valence-electron chi connectivity index (χ4n) is 13.4. The molecule has 0 amide bonds. The van der Waals surface area contributed by atoms with Crippen molar-refractivity contribution in [1.29, 1.82) is 0 Å². The zero-order valence-electron chi connectivity index (χ0n) is 44.5. The van der Waals surface area contributed by atoms with Crippen molar-refractivity contribution in [1.82, 2.24) is 33.2 Å². The van der Waals surface area contributed by atoms with E-state index in [0.717, 1.165) is 66.2 Å². The normalized spacial score (nSPS) is 12.1. The molecule has 6 heterocycles. The molecule has 0 bridgehead atoms. The summed E-state index contributed by atoms with van der Waals surface area (Å²) in [6.07, 6.45) is 0. The van der Waals surface area contributed by atoms with Gasteiger partial charge in [-0.1, -0.05) is 176 Å². The highest BCUT2D eigenvalue weighted by Crippen LogP contribution is 2.46. The topological polar surface area (TPSA) is 58.4 Å². The van der Waals surface area contributed by atoms with Crippen LogP contribution in [0.4, 0.5) is 0 Å². The zero-order chi connectivity index (χ0) is 54.3. The molecule has 0 spiro atoms. The third-order valence-electron chi connectivity index (χ3n) is 17.0. The van der Waals surface area contributed by atoms with Crippen molar-refractivity contribution >= 4 is 119 Å². The van der Waals surface area contributed by atoms with E-state index < -0.39 is 0 Å². The van der Waals surface area contributed by atoms with Gasteiger partial charge in [0.25, 0.3) is 0 Å². The summed E-state index contributed by atoms with van der Waals surface area (Å²) in [4.78, 5) is 15.4. The molecule has 0 unspecified atom stereocenters. The van der Waals surface area contributed by atoms with Gasteiger partial charge in [0.1, 0.15) is 0 Å². The Balaban J connectivity index is 0.840. The Morgan fingerprint density at radius 3 is 1.01 bits per heavy atom. The predicted octanol–water partition coefficient (Wildman–Crippen LogP) is 19.6. The molecule has 6 aromatic heterocycles. The van der Waals surface area contributed by atoms with Crippen LogP contribution in [0.3, 0.4) is 0 Å². The second kappa shape index (κ2) is 17.8. The summed E-state index contributed by atoms with van der Waals surface area (Å²) in [7, 11) is 0. The molecule has 0 radical (unpaired) electrons. The lowest BCUT2D eigenvalue weighted by Gasteiger charge is -2.12. The van der Waals surface area contributed by atoms with Gasteiger partial charge >= 0.3 is 0 Å². The zero-order valence-corrected chi connectivity index (χ0v) is 45.3. The highest BCUT2D eigenvalue weighted by Gasteiger charge is 2.23. The molecule has 7 nitrogen and oxygen atoms in total. The van der Waals surface area contributed by atoms with Crippen LogP contribution >= 0.6 is 11.3 Å². The van der Waals surface area contributed by atoms with Gasteiger partial charge in [0.2, 0.25) is 0 Å². The van der Waals surface area contributed by atoms with Crippen LogP contribution in [0.15, 0.2) is 273 Å². The molecular formula is C75H45N7S. The van der Waals surface area contributed by atoms with Crippen molar-refractivity contribution < 1.29 is 0 Å². The van der Waals surface area contributed by atoms with Crippen LogP contribution in [0.1, 0.15) is 0 Å². The molecule has 386 valence electrons. The van der Waals surface area contributed by atoms with Crippen LogP contribution < -0.4 is 0 Å². The van der Waals surface area contributed by atoms with Crippen molar-refractivity contribution in [2.24, 2.45) is 0 Å². The minimum absolute atomic E-state index is 0.645. The fraction of sp³-hybridized carbons (Fsp3) is 0. The largest absolute Gasteiger partial charge is 0.309 e. The molecule has 18 aromatic rings. The lowest BCUT2D eigenvalue weighted by molar-refractivity contribution is 1.08. The van der Waals surface area contributed by atoms with E-state index in [9.17, 15) is 0 Å². The first-order chi connectivity index (χ1) is 41.2. The highest BCUT2D eigenvalue weighted by molar-refractivity contribution is 7.26. The molecule has 0 aliphatic carbocycles. The van der Waals surface area contributed by atoms with Gasteiger partial charge in [-0.3, -0.25) is 0 Å². The van der Waals surface area contributed by atoms with Gasteiger partial charge in [0, 0.05) is 92.3 Å². The number of rotatable bonds is 7. The summed E-state index contributed by atoms with van der Waals surface area (Å²) in [6.45, 7) is 0. The molecular weight excluding hydrogens is 1030 g/mol. The molecule has 0 atom stereocenters. The van der Waals surface area contributed by atoms with Crippen LogP contribution in [-0.2, 0) is 0 Å². The summed E-state index contributed by atoms with van der Waals surface area (Å²) in [6, 6.07) is 98.8. The first-order valence-electron chi connectivity index (χ1n) is 28.1. The number of hydrogen-bond acceptors (Lipinski definition) is 4. The summed E-state index contributed by atoms with van der Waals surface area (Å²) < 4.78 is 12.1. The summed E-state index contributed by atoms with van der Waals surface area (Å²) in [5.74, 6) is 1.94. The van der Waals surface area contributed by atoms with E-state index in [2.05, 4.69) is 255 Å². The van der Waals surface area contributed by atoms with Gasteiger partial charge in [-0.05, 0) is 97.1 Å². The fourth-order valence-corrected chi connectivity index (χ4v) is 14.7. The number of benzene rings is 12. The molecule has 0 aliphatic rings. The molecule has 0 saturated heterocycles. The van der Waals surface area contributed by atoms with E-state index in [-0.39, 0.29) is 0 Å². The quantitative estimate of drug-likeness (QED) is 0.160. The van der Waals surface area contributed by atoms with E-state index in [4.69, 9.17) is 15.0 Å². The SMILES string of the molecule is c1ccc(-c2nc(-c3ccccc3)nc(-c3cccc4c3sc3c(-n5c6ccccc6c6cc(-n7c8ccc(-n9c%10ccccc%10c%10ccccc%109)cc8c8cc(-n9c%10ccccc%10c%10ccccc%109)ccc87)ccc65)cccc34)n2)cc1. The van der Waals surface area contributed by atoms with E-state index in [1.807, 2.05) is 36.4 Å². The van der Waals surface area contributed by atoms with Crippen molar-refractivity contribution in [3.63, 3.8) is 0 Å². The maximum absolute atomic E-state index is 5.19. The summed E-state index contributed by atoms with van der Waals surface area (Å²) in [5, 5.41) is 12.1. The second-order valence-corrected chi connectivity index (χ2v) is 22.5. The minimum atomic E-state index is 0.645. The molecule has 18 rings (SSSR count). The minimum Gasteiger partial charge on any atom is -0.309 e. The summed E-state index contributed by atoms with van der Waals surface area (Å²) >= 11 is 1.81. The number of fused-ring (bicyclic) bond motifs is 15. The third-order valence-corrected chi connectivity index (χ3v) is 18.3. The lowest BCUT2D eigenvalue weighted by Crippen LogP contribution is -2.00. The number of para-hydroxylation sites is 5. The average Bonchev–Trinajstić information content (AvgIpc) is 3.06. The van der Waals surface area contributed by atoms with E-state index in [0.29, 0.717) is 17.5 Å². The molecule has 0 N–H and O–H groups in total. The first-order valence-corrected chi connectivity index (χ1v) is 28.9. The van der Waals surface area contributed by atoms with Crippen LogP contribution in [0.5, 0.6) is 0 Å². The Morgan fingerprint density at radius 2 is 0.554 bits per heavy atom. The Bertz CT molecular complexity index is 5370. The molecule has 0 fully saturated rings. The van der Waals surface area contributed by atoms with E-state index in [1.54, 1.807) is 11.3 Å². The number of thiophene rings is 1. The highest BCUT2D eigenvalue weighted by atomic mass is 32.1. The van der Waals surface area contributed by atoms with Gasteiger partial charge in [-0.15, -0.1) is 11.3 Å². The molecule has 12 aromatic carbocycles. The lowest BCUT2D eigenvalue weighted by atomic mass is 10.1. The Morgan fingerprint density at radius 1 is 0.229 bits per heavy atom. The summed E-state index contributed by atoms with van der Waals surface area (Å²) in [5.41, 5.74) is 16.7. The number of nitrogens with zero attached hydrogens (tertiary/aromatic N) is 7. The smallest absolute Gasteiger partial charge is 0.165 e. The van der Waals surface area contributed by atoms with Crippen LogP contribution in [0.2, 0.25) is 0 Å². The average molecular weight is 1080 g/mol. The Labute approximate surface area is 479 Å². The monoisotopic (exact) mass is 1080 g/mol. The van der Waals surface area contributed by atoms with E-state index in [1.165, 1.54) is 80.6 Å². The Kier molecular flexibility index (Phi) is 9.83.